The number of aliphatic carboxylic acids is 1. The molecule has 0 saturated carbocycles. The Bertz CT molecular complexity index is 462. The molecular weight excluding hydrogens is 224 g/mol. The lowest BCUT2D eigenvalue weighted by Crippen LogP contribution is -2.21. The van der Waals surface area contributed by atoms with Crippen LogP contribution in [0.2, 0.25) is 0 Å². The molecule has 0 amide bonds. The van der Waals surface area contributed by atoms with Crippen molar-refractivity contribution in [2.24, 2.45) is 0 Å². The molecule has 0 atom stereocenters. The van der Waals surface area contributed by atoms with E-state index in [1.165, 1.54) is 11.8 Å². The van der Waals surface area contributed by atoms with Crippen LogP contribution in [0.15, 0.2) is 29.4 Å². The van der Waals surface area contributed by atoms with Crippen LogP contribution < -0.4 is 5.11 Å². The summed E-state index contributed by atoms with van der Waals surface area (Å²) in [7, 11) is 0. The smallest absolute Gasteiger partial charge is 0.166 e. The van der Waals surface area contributed by atoms with Crippen molar-refractivity contribution in [3.8, 4) is 0 Å². The highest BCUT2D eigenvalue weighted by molar-refractivity contribution is 7.99. The third kappa shape index (κ3) is 2.76. The van der Waals surface area contributed by atoms with Gasteiger partial charge in [-0.25, -0.2) is 4.98 Å². The van der Waals surface area contributed by atoms with Gasteiger partial charge >= 0.3 is 0 Å². The van der Waals surface area contributed by atoms with Crippen LogP contribution in [0.25, 0.3) is 11.0 Å². The molecule has 2 aromatic rings. The lowest BCUT2D eigenvalue weighted by Gasteiger charge is -1.99. The second-order valence-electron chi connectivity index (χ2n) is 3.38. The molecule has 0 unspecified atom stereocenters. The standard InChI is InChI=1S/C11H12N2O2S/c14-10(15)6-3-7-16-11-12-8-4-1-2-5-9(8)13-11/h1-2,4-5H,3,6-7H2,(H,12,13)(H,14,15)/p-1. The van der Waals surface area contributed by atoms with E-state index >= 15 is 0 Å². The summed E-state index contributed by atoms with van der Waals surface area (Å²) in [4.78, 5) is 17.8. The maximum atomic E-state index is 10.2. The first-order valence-electron chi connectivity index (χ1n) is 5.03. The minimum absolute atomic E-state index is 0.104. The number of carbonyl (C=O) groups excluding carboxylic acids is 1. The Balaban J connectivity index is 1.92. The number of rotatable bonds is 5. The summed E-state index contributed by atoms with van der Waals surface area (Å²) in [5, 5.41) is 11.0. The summed E-state index contributed by atoms with van der Waals surface area (Å²) < 4.78 is 0. The molecule has 84 valence electrons. The molecule has 0 aliphatic rings. The van der Waals surface area contributed by atoms with E-state index in [4.69, 9.17) is 0 Å². The zero-order chi connectivity index (χ0) is 11.4. The van der Waals surface area contributed by atoms with Gasteiger partial charge in [-0.05, 0) is 25.0 Å². The van der Waals surface area contributed by atoms with Crippen molar-refractivity contribution in [2.45, 2.75) is 18.0 Å². The molecule has 0 radical (unpaired) electrons. The number of carboxylic acids is 1. The van der Waals surface area contributed by atoms with Crippen molar-refractivity contribution in [3.63, 3.8) is 0 Å². The number of imidazole rings is 1. The number of aromatic nitrogens is 2. The van der Waals surface area contributed by atoms with E-state index in [2.05, 4.69) is 9.97 Å². The van der Waals surface area contributed by atoms with Crippen LogP contribution in [0.3, 0.4) is 0 Å². The minimum Gasteiger partial charge on any atom is -0.550 e. The number of fused-ring (bicyclic) bond motifs is 1. The molecule has 5 heteroatoms. The molecule has 0 bridgehead atoms. The number of para-hydroxylation sites is 2. The highest BCUT2D eigenvalue weighted by Crippen LogP contribution is 2.19. The van der Waals surface area contributed by atoms with Crippen molar-refractivity contribution >= 4 is 28.8 Å². The van der Waals surface area contributed by atoms with E-state index in [0.717, 1.165) is 21.9 Å². The Morgan fingerprint density at radius 2 is 2.25 bits per heavy atom. The lowest BCUT2D eigenvalue weighted by atomic mass is 10.3. The van der Waals surface area contributed by atoms with Gasteiger partial charge in [0.15, 0.2) is 5.16 Å². The van der Waals surface area contributed by atoms with E-state index in [9.17, 15) is 9.90 Å². The predicted octanol–water partition coefficient (Wildman–Crippen LogP) is 1.19. The van der Waals surface area contributed by atoms with Gasteiger partial charge in [0, 0.05) is 11.7 Å². The van der Waals surface area contributed by atoms with E-state index in [1.54, 1.807) is 0 Å². The maximum Gasteiger partial charge on any atom is 0.166 e. The van der Waals surface area contributed by atoms with Gasteiger partial charge < -0.3 is 14.9 Å². The number of benzene rings is 1. The van der Waals surface area contributed by atoms with Gasteiger partial charge in [-0.15, -0.1) is 0 Å². The van der Waals surface area contributed by atoms with E-state index in [1.807, 2.05) is 24.3 Å². The highest BCUT2D eigenvalue weighted by atomic mass is 32.2. The Morgan fingerprint density at radius 3 is 3.00 bits per heavy atom. The van der Waals surface area contributed by atoms with Gasteiger partial charge in [0.25, 0.3) is 0 Å². The number of carbonyl (C=O) groups is 1. The Hall–Kier alpha value is -1.49. The topological polar surface area (TPSA) is 68.8 Å². The quantitative estimate of drug-likeness (QED) is 0.624. The number of carboxylic acid groups (broad SMARTS) is 1. The molecule has 2 rings (SSSR count). The Labute approximate surface area is 97.1 Å². The van der Waals surface area contributed by atoms with Gasteiger partial charge in [-0.1, -0.05) is 23.9 Å². The van der Waals surface area contributed by atoms with Crippen molar-refractivity contribution < 1.29 is 9.90 Å². The van der Waals surface area contributed by atoms with Gasteiger partial charge in [-0.2, -0.15) is 0 Å². The Kier molecular flexibility index (Phi) is 3.46. The largest absolute Gasteiger partial charge is 0.550 e. The zero-order valence-electron chi connectivity index (χ0n) is 8.60. The van der Waals surface area contributed by atoms with Gasteiger partial charge in [0.2, 0.25) is 0 Å². The number of aromatic amines is 1. The average molecular weight is 235 g/mol. The molecule has 0 fully saturated rings. The molecular formula is C11H11N2O2S-. The number of nitrogens with one attached hydrogen (secondary N) is 1. The van der Waals surface area contributed by atoms with Crippen LogP contribution in [0.1, 0.15) is 12.8 Å². The summed E-state index contributed by atoms with van der Waals surface area (Å²) in [5.74, 6) is -0.265. The number of H-pyrrole nitrogens is 1. The molecule has 4 nitrogen and oxygen atoms in total. The van der Waals surface area contributed by atoms with Crippen molar-refractivity contribution in [3.05, 3.63) is 24.3 Å². The van der Waals surface area contributed by atoms with Crippen molar-refractivity contribution in [2.75, 3.05) is 5.75 Å². The second kappa shape index (κ2) is 5.03. The highest BCUT2D eigenvalue weighted by Gasteiger charge is 2.01. The second-order valence-corrected chi connectivity index (χ2v) is 4.47. The molecule has 1 aromatic carbocycles. The minimum atomic E-state index is -0.995. The van der Waals surface area contributed by atoms with E-state index in [-0.39, 0.29) is 6.42 Å². The van der Waals surface area contributed by atoms with Gasteiger partial charge in [0.1, 0.15) is 0 Å². The van der Waals surface area contributed by atoms with Crippen LogP contribution in [-0.2, 0) is 4.79 Å². The third-order valence-electron chi connectivity index (χ3n) is 2.13. The van der Waals surface area contributed by atoms with Crippen LogP contribution in [0.5, 0.6) is 0 Å². The first-order valence-corrected chi connectivity index (χ1v) is 6.01. The number of hydrogen-bond acceptors (Lipinski definition) is 4. The third-order valence-corrected chi connectivity index (χ3v) is 3.09. The SMILES string of the molecule is O=C([O-])CCCSc1nc2ccccc2[nH]1. The van der Waals surface area contributed by atoms with Gasteiger partial charge in [0.05, 0.1) is 11.0 Å². The molecule has 0 aliphatic heterocycles. The molecule has 1 N–H and O–H groups in total. The lowest BCUT2D eigenvalue weighted by molar-refractivity contribution is -0.305. The molecule has 16 heavy (non-hydrogen) atoms. The average Bonchev–Trinajstić information content (AvgIpc) is 2.66. The van der Waals surface area contributed by atoms with E-state index < -0.39 is 5.97 Å². The molecule has 0 aliphatic carbocycles. The monoisotopic (exact) mass is 235 g/mol. The fraction of sp³-hybridized carbons (Fsp3) is 0.273. The zero-order valence-corrected chi connectivity index (χ0v) is 9.42. The molecule has 0 saturated heterocycles. The van der Waals surface area contributed by atoms with E-state index in [0.29, 0.717) is 6.42 Å². The van der Waals surface area contributed by atoms with Crippen LogP contribution in [-0.4, -0.2) is 21.7 Å². The van der Waals surface area contributed by atoms with Crippen molar-refractivity contribution in [1.82, 2.24) is 9.97 Å². The first kappa shape index (κ1) is 11.0. The summed E-state index contributed by atoms with van der Waals surface area (Å²) in [6, 6.07) is 7.80. The van der Waals surface area contributed by atoms with Crippen LogP contribution in [0, 0.1) is 0 Å². The summed E-state index contributed by atoms with van der Waals surface area (Å²) in [6.07, 6.45) is 0.706. The number of hydrogen-bond donors (Lipinski definition) is 1. The van der Waals surface area contributed by atoms with Crippen LogP contribution in [0.4, 0.5) is 0 Å². The molecule has 0 spiro atoms. The normalized spacial score (nSPS) is 10.8. The number of thioether (sulfide) groups is 1. The molecule has 1 heterocycles. The predicted molar refractivity (Wildman–Crippen MR) is 61.1 cm³/mol. The molecule has 1 aromatic heterocycles. The van der Waals surface area contributed by atoms with Crippen molar-refractivity contribution in [1.29, 1.82) is 0 Å². The first-order chi connectivity index (χ1) is 7.75. The van der Waals surface area contributed by atoms with Gasteiger partial charge in [-0.3, -0.25) is 0 Å². The van der Waals surface area contributed by atoms with Crippen LogP contribution >= 0.6 is 11.8 Å². The number of nitrogens with zero attached hydrogens (tertiary/aromatic N) is 1. The summed E-state index contributed by atoms with van der Waals surface area (Å²) in [6.45, 7) is 0. The fourth-order valence-corrected chi connectivity index (χ4v) is 2.21. The summed E-state index contributed by atoms with van der Waals surface area (Å²) in [5.41, 5.74) is 1.94. The Morgan fingerprint density at radius 1 is 1.44 bits per heavy atom. The summed E-state index contributed by atoms with van der Waals surface area (Å²) >= 11 is 1.53. The fourth-order valence-electron chi connectivity index (χ4n) is 1.38. The maximum absolute atomic E-state index is 10.2.